The zero-order valence-corrected chi connectivity index (χ0v) is 17.3. The fourth-order valence-corrected chi connectivity index (χ4v) is 4.15. The average Bonchev–Trinajstić information content (AvgIpc) is 3.21. The Morgan fingerprint density at radius 3 is 2.73 bits per heavy atom. The van der Waals surface area contributed by atoms with Gasteiger partial charge in [0.15, 0.2) is 0 Å². The minimum atomic E-state index is -0.714. The molecule has 1 saturated heterocycles. The molecule has 1 unspecified atom stereocenters. The zero-order valence-electron chi connectivity index (χ0n) is 16.6. The molecule has 8 heteroatoms. The highest BCUT2D eigenvalue weighted by molar-refractivity contribution is 6.34. The summed E-state index contributed by atoms with van der Waals surface area (Å²) in [6.07, 6.45) is 2.18. The van der Waals surface area contributed by atoms with E-state index in [4.69, 9.17) is 11.6 Å². The van der Waals surface area contributed by atoms with Gasteiger partial charge in [0.1, 0.15) is 12.6 Å². The number of aromatic nitrogens is 1. The van der Waals surface area contributed by atoms with Crippen LogP contribution in [-0.2, 0) is 16.0 Å². The van der Waals surface area contributed by atoms with E-state index in [1.807, 2.05) is 50.4 Å². The number of hydrogen-bond acceptors (Lipinski definition) is 3. The van der Waals surface area contributed by atoms with Crippen LogP contribution in [0, 0.1) is 13.8 Å². The van der Waals surface area contributed by atoms with Gasteiger partial charge < -0.3 is 15.6 Å². The molecule has 4 rings (SSSR count). The molecule has 7 nitrogen and oxygen atoms in total. The van der Waals surface area contributed by atoms with Gasteiger partial charge in [0.25, 0.3) is 5.91 Å². The minimum Gasteiger partial charge on any atom is -0.361 e. The number of para-hydroxylation sites is 1. The van der Waals surface area contributed by atoms with Gasteiger partial charge in [-0.15, -0.1) is 0 Å². The van der Waals surface area contributed by atoms with E-state index in [1.54, 1.807) is 6.07 Å². The number of anilines is 1. The van der Waals surface area contributed by atoms with Crippen molar-refractivity contribution in [3.8, 4) is 0 Å². The van der Waals surface area contributed by atoms with Gasteiger partial charge in [-0.3, -0.25) is 14.5 Å². The van der Waals surface area contributed by atoms with Gasteiger partial charge in [-0.2, -0.15) is 0 Å². The third-order valence-electron chi connectivity index (χ3n) is 5.20. The van der Waals surface area contributed by atoms with Crippen LogP contribution in [0.4, 0.5) is 10.5 Å². The van der Waals surface area contributed by atoms with Crippen LogP contribution < -0.4 is 10.6 Å². The van der Waals surface area contributed by atoms with Gasteiger partial charge >= 0.3 is 6.03 Å². The number of fused-ring (bicyclic) bond motifs is 1. The molecule has 2 aromatic carbocycles. The highest BCUT2D eigenvalue weighted by Gasteiger charge is 2.39. The molecule has 3 N–H and O–H groups in total. The summed E-state index contributed by atoms with van der Waals surface area (Å²) in [6.45, 7) is 3.36. The lowest BCUT2D eigenvalue weighted by molar-refractivity contribution is -0.130. The first-order valence-electron chi connectivity index (χ1n) is 9.57. The van der Waals surface area contributed by atoms with Gasteiger partial charge in [-0.25, -0.2) is 4.79 Å². The lowest BCUT2D eigenvalue weighted by atomic mass is 10.1. The molecular weight excluding hydrogens is 404 g/mol. The van der Waals surface area contributed by atoms with E-state index < -0.39 is 23.9 Å². The van der Waals surface area contributed by atoms with Crippen molar-refractivity contribution in [3.63, 3.8) is 0 Å². The van der Waals surface area contributed by atoms with Crippen molar-refractivity contribution in [2.45, 2.75) is 26.3 Å². The number of urea groups is 1. The van der Waals surface area contributed by atoms with Crippen LogP contribution in [0.25, 0.3) is 10.9 Å². The Bertz CT molecular complexity index is 1150. The molecule has 0 aliphatic carbocycles. The molecule has 1 atom stereocenters. The van der Waals surface area contributed by atoms with Crippen molar-refractivity contribution in [1.82, 2.24) is 15.2 Å². The molecule has 1 aromatic heterocycles. The second kappa shape index (κ2) is 7.84. The van der Waals surface area contributed by atoms with Crippen LogP contribution in [0.2, 0.25) is 5.02 Å². The second-order valence-corrected chi connectivity index (χ2v) is 7.88. The molecule has 30 heavy (non-hydrogen) atoms. The standard InChI is InChI=1S/C22H21ClN4O3/c1-12-7-13(2)20(16(23)8-12)26-19(28)11-27-21(29)18(25-22(27)30)9-14-10-24-17-6-4-3-5-15(14)17/h3-8,10,18,24H,9,11H2,1-2H3,(H,25,30)(H,26,28). The molecule has 1 fully saturated rings. The van der Waals surface area contributed by atoms with Crippen LogP contribution >= 0.6 is 11.6 Å². The number of nitrogens with one attached hydrogen (secondary N) is 3. The number of aryl methyl sites for hydroxylation is 2. The lowest BCUT2D eigenvalue weighted by Crippen LogP contribution is -2.38. The molecule has 0 saturated carbocycles. The summed E-state index contributed by atoms with van der Waals surface area (Å²) in [5, 5.41) is 6.79. The SMILES string of the molecule is Cc1cc(C)c(NC(=O)CN2C(=O)NC(Cc3c[nH]c4ccccc34)C2=O)c(Cl)c1. The maximum absolute atomic E-state index is 12.8. The van der Waals surface area contributed by atoms with E-state index in [9.17, 15) is 14.4 Å². The predicted molar refractivity (Wildman–Crippen MR) is 116 cm³/mol. The number of carbonyl (C=O) groups is 3. The molecule has 4 amide bonds. The highest BCUT2D eigenvalue weighted by atomic mass is 35.5. The molecule has 2 heterocycles. The molecule has 1 aliphatic rings. The van der Waals surface area contributed by atoms with E-state index in [1.165, 1.54) is 0 Å². The summed E-state index contributed by atoms with van der Waals surface area (Å²) < 4.78 is 0. The molecule has 0 radical (unpaired) electrons. The Labute approximate surface area is 178 Å². The van der Waals surface area contributed by atoms with E-state index >= 15 is 0 Å². The fourth-order valence-electron chi connectivity index (χ4n) is 3.78. The molecule has 3 aromatic rings. The second-order valence-electron chi connectivity index (χ2n) is 7.48. The summed E-state index contributed by atoms with van der Waals surface area (Å²) in [5.74, 6) is -0.910. The number of H-pyrrole nitrogens is 1. The maximum atomic E-state index is 12.8. The normalized spacial score (nSPS) is 16.2. The number of hydrogen-bond donors (Lipinski definition) is 3. The highest BCUT2D eigenvalue weighted by Crippen LogP contribution is 2.27. The van der Waals surface area contributed by atoms with Crippen LogP contribution in [0.15, 0.2) is 42.6 Å². The Kier molecular flexibility index (Phi) is 5.22. The Balaban J connectivity index is 1.45. The van der Waals surface area contributed by atoms with Crippen molar-refractivity contribution in [3.05, 3.63) is 64.3 Å². The largest absolute Gasteiger partial charge is 0.361 e. The summed E-state index contributed by atoms with van der Waals surface area (Å²) >= 11 is 6.23. The van der Waals surface area contributed by atoms with Crippen molar-refractivity contribution >= 4 is 46.0 Å². The van der Waals surface area contributed by atoms with E-state index in [0.717, 1.165) is 32.5 Å². The van der Waals surface area contributed by atoms with E-state index in [2.05, 4.69) is 15.6 Å². The van der Waals surface area contributed by atoms with Gasteiger partial charge in [0.05, 0.1) is 10.7 Å². The van der Waals surface area contributed by atoms with Gasteiger partial charge in [-0.1, -0.05) is 35.9 Å². The number of nitrogens with zero attached hydrogens (tertiary/aromatic N) is 1. The molecular formula is C22H21ClN4O3. The molecule has 0 spiro atoms. The Morgan fingerprint density at radius 1 is 1.20 bits per heavy atom. The first kappa shape index (κ1) is 20.0. The Hall–Kier alpha value is -3.32. The van der Waals surface area contributed by atoms with Gasteiger partial charge in [0, 0.05) is 23.5 Å². The van der Waals surface area contributed by atoms with E-state index in [-0.39, 0.29) is 6.54 Å². The predicted octanol–water partition coefficient (Wildman–Crippen LogP) is 3.54. The van der Waals surface area contributed by atoms with Gasteiger partial charge in [-0.05, 0) is 42.7 Å². The van der Waals surface area contributed by atoms with E-state index in [0.29, 0.717) is 17.1 Å². The van der Waals surface area contributed by atoms with Gasteiger partial charge in [0.2, 0.25) is 5.91 Å². The quantitative estimate of drug-likeness (QED) is 0.547. The van der Waals surface area contributed by atoms with Crippen LogP contribution in [0.5, 0.6) is 0 Å². The number of rotatable bonds is 5. The summed E-state index contributed by atoms with van der Waals surface area (Å²) in [4.78, 5) is 41.7. The van der Waals surface area contributed by atoms with Crippen molar-refractivity contribution in [2.75, 3.05) is 11.9 Å². The summed E-state index contributed by atoms with van der Waals surface area (Å²) in [6, 6.07) is 10.1. The van der Waals surface area contributed by atoms with Crippen molar-refractivity contribution < 1.29 is 14.4 Å². The maximum Gasteiger partial charge on any atom is 0.325 e. The zero-order chi connectivity index (χ0) is 21.4. The third-order valence-corrected chi connectivity index (χ3v) is 5.50. The summed E-state index contributed by atoms with van der Waals surface area (Å²) in [5.41, 5.74) is 4.16. The average molecular weight is 425 g/mol. The van der Waals surface area contributed by atoms with Crippen molar-refractivity contribution in [2.24, 2.45) is 0 Å². The topological polar surface area (TPSA) is 94.3 Å². The first-order valence-corrected chi connectivity index (χ1v) is 9.94. The third kappa shape index (κ3) is 3.76. The monoisotopic (exact) mass is 424 g/mol. The van der Waals surface area contributed by atoms with Crippen LogP contribution in [-0.4, -0.2) is 40.3 Å². The summed E-state index contributed by atoms with van der Waals surface area (Å²) in [7, 11) is 0. The number of aromatic amines is 1. The molecule has 1 aliphatic heterocycles. The number of carbonyl (C=O) groups excluding carboxylic acids is 3. The Morgan fingerprint density at radius 2 is 1.97 bits per heavy atom. The smallest absolute Gasteiger partial charge is 0.325 e. The van der Waals surface area contributed by atoms with Crippen molar-refractivity contribution in [1.29, 1.82) is 0 Å². The molecule has 0 bridgehead atoms. The van der Waals surface area contributed by atoms with Crippen LogP contribution in [0.1, 0.15) is 16.7 Å². The number of benzene rings is 2. The number of halogens is 1. The first-order chi connectivity index (χ1) is 14.3. The van der Waals surface area contributed by atoms with Crippen LogP contribution in [0.3, 0.4) is 0 Å². The number of imide groups is 1. The molecule has 154 valence electrons. The number of amides is 4. The minimum absolute atomic E-state index is 0.343. The fraction of sp³-hybridized carbons (Fsp3) is 0.227. The lowest BCUT2D eigenvalue weighted by Gasteiger charge is -2.15.